The van der Waals surface area contributed by atoms with Crippen LogP contribution in [0.15, 0.2) is 21.5 Å². The molecule has 0 saturated heterocycles. The predicted molar refractivity (Wildman–Crippen MR) is 88.3 cm³/mol. The van der Waals surface area contributed by atoms with Crippen molar-refractivity contribution in [2.45, 2.75) is 23.8 Å². The molecule has 0 bridgehead atoms. The summed E-state index contributed by atoms with van der Waals surface area (Å²) in [6, 6.07) is 2.96. The lowest BCUT2D eigenvalue weighted by Crippen LogP contribution is -2.38. The Hall–Kier alpha value is -0.540. The Bertz CT molecular complexity index is 652. The summed E-state index contributed by atoms with van der Waals surface area (Å²) in [5.41, 5.74) is 5.93. The number of nitrogens with one attached hydrogen (secondary N) is 1. The van der Waals surface area contributed by atoms with Crippen molar-refractivity contribution < 1.29 is 17.9 Å². The molecule has 0 amide bonds. The quantitative estimate of drug-likeness (QED) is 0.766. The third-order valence-electron chi connectivity index (χ3n) is 3.62. The van der Waals surface area contributed by atoms with E-state index in [2.05, 4.69) is 20.7 Å². The molecule has 6 nitrogen and oxygen atoms in total. The van der Waals surface area contributed by atoms with Crippen molar-refractivity contribution in [3.05, 3.63) is 16.6 Å². The number of hydrogen-bond donors (Lipinski definition) is 2. The van der Waals surface area contributed by atoms with Gasteiger partial charge in [-0.2, -0.15) is 0 Å². The maximum Gasteiger partial charge on any atom is 0.241 e. The van der Waals surface area contributed by atoms with Gasteiger partial charge in [0.2, 0.25) is 10.0 Å². The molecule has 0 radical (unpaired) electrons. The summed E-state index contributed by atoms with van der Waals surface area (Å²) >= 11 is 3.27. The minimum atomic E-state index is -3.64. The van der Waals surface area contributed by atoms with Gasteiger partial charge in [-0.05, 0) is 40.8 Å². The van der Waals surface area contributed by atoms with E-state index < -0.39 is 10.0 Å². The lowest BCUT2D eigenvalue weighted by molar-refractivity contribution is 0.171. The highest BCUT2D eigenvalue weighted by molar-refractivity contribution is 9.10. The van der Waals surface area contributed by atoms with E-state index in [0.29, 0.717) is 35.1 Å². The van der Waals surface area contributed by atoms with Crippen molar-refractivity contribution in [2.75, 3.05) is 19.8 Å². The Morgan fingerprint density at radius 1 is 1.27 bits per heavy atom. The van der Waals surface area contributed by atoms with E-state index in [0.717, 1.165) is 12.8 Å². The summed E-state index contributed by atoms with van der Waals surface area (Å²) in [4.78, 5) is 0.134. The molecule has 9 heteroatoms. The zero-order chi connectivity index (χ0) is 15.0. The Labute approximate surface area is 144 Å². The van der Waals surface area contributed by atoms with Crippen LogP contribution in [-0.4, -0.2) is 34.2 Å². The number of rotatable bonds is 5. The fourth-order valence-corrected chi connectivity index (χ4v) is 4.33. The monoisotopic (exact) mass is 412 g/mol. The van der Waals surface area contributed by atoms with Crippen LogP contribution in [-0.2, 0) is 10.0 Å². The van der Waals surface area contributed by atoms with Crippen LogP contribution in [0.5, 0.6) is 11.5 Å². The highest BCUT2D eigenvalue weighted by Crippen LogP contribution is 2.37. The van der Waals surface area contributed by atoms with Gasteiger partial charge in [0.25, 0.3) is 0 Å². The summed E-state index contributed by atoms with van der Waals surface area (Å²) in [6.07, 6.45) is 2.16. The van der Waals surface area contributed by atoms with Crippen LogP contribution in [0.3, 0.4) is 0 Å². The van der Waals surface area contributed by atoms with Gasteiger partial charge in [-0.15, -0.1) is 12.4 Å². The van der Waals surface area contributed by atoms with Gasteiger partial charge in [0, 0.05) is 23.1 Å². The molecule has 1 aliphatic heterocycles. The van der Waals surface area contributed by atoms with Crippen LogP contribution in [0.4, 0.5) is 0 Å². The first-order valence-electron chi connectivity index (χ1n) is 6.82. The van der Waals surface area contributed by atoms with Crippen LogP contribution in [0.2, 0.25) is 0 Å². The number of sulfonamides is 1. The van der Waals surface area contributed by atoms with E-state index in [4.69, 9.17) is 15.2 Å². The second kappa shape index (κ2) is 6.92. The van der Waals surface area contributed by atoms with Gasteiger partial charge in [-0.1, -0.05) is 0 Å². The first-order valence-corrected chi connectivity index (χ1v) is 9.09. The molecule has 3 rings (SSSR count). The molecule has 1 fully saturated rings. The minimum Gasteiger partial charge on any atom is -0.486 e. The molecule has 0 aromatic heterocycles. The van der Waals surface area contributed by atoms with Crippen LogP contribution in [0.25, 0.3) is 0 Å². The zero-order valence-corrected chi connectivity index (χ0v) is 15.0. The third kappa shape index (κ3) is 3.86. The highest BCUT2D eigenvalue weighted by atomic mass is 79.9. The highest BCUT2D eigenvalue weighted by Gasteiger charge is 2.30. The molecule has 1 unspecified atom stereocenters. The molecule has 2 aliphatic rings. The average molecular weight is 414 g/mol. The topological polar surface area (TPSA) is 90.7 Å². The van der Waals surface area contributed by atoms with Crippen molar-refractivity contribution in [1.29, 1.82) is 0 Å². The van der Waals surface area contributed by atoms with Gasteiger partial charge in [0.1, 0.15) is 18.1 Å². The van der Waals surface area contributed by atoms with Crippen molar-refractivity contribution in [3.8, 4) is 11.5 Å². The largest absolute Gasteiger partial charge is 0.486 e. The second-order valence-corrected chi connectivity index (χ2v) is 7.87. The smallest absolute Gasteiger partial charge is 0.241 e. The third-order valence-corrected chi connectivity index (χ3v) is 6.00. The summed E-state index contributed by atoms with van der Waals surface area (Å²) in [5, 5.41) is 0. The first kappa shape index (κ1) is 17.8. The Morgan fingerprint density at radius 2 is 1.86 bits per heavy atom. The number of nitrogens with two attached hydrogens (primary N) is 1. The maximum atomic E-state index is 12.4. The number of fused-ring (bicyclic) bond motifs is 1. The lowest BCUT2D eigenvalue weighted by Gasteiger charge is -2.20. The fourth-order valence-electron chi connectivity index (χ4n) is 2.23. The number of benzene rings is 1. The van der Waals surface area contributed by atoms with Crippen molar-refractivity contribution in [2.24, 2.45) is 11.7 Å². The van der Waals surface area contributed by atoms with Gasteiger partial charge in [0.05, 0.1) is 0 Å². The lowest BCUT2D eigenvalue weighted by atomic mass is 10.2. The molecule has 22 heavy (non-hydrogen) atoms. The molecule has 1 aromatic rings. The van der Waals surface area contributed by atoms with Gasteiger partial charge in [0.15, 0.2) is 11.5 Å². The molecular weight excluding hydrogens is 396 g/mol. The van der Waals surface area contributed by atoms with Gasteiger partial charge in [-0.3, -0.25) is 0 Å². The van der Waals surface area contributed by atoms with Crippen LogP contribution >= 0.6 is 28.3 Å². The van der Waals surface area contributed by atoms with Gasteiger partial charge < -0.3 is 15.2 Å². The summed E-state index contributed by atoms with van der Waals surface area (Å²) in [6.45, 7) is 1.11. The van der Waals surface area contributed by atoms with Crippen molar-refractivity contribution in [3.63, 3.8) is 0 Å². The fraction of sp³-hybridized carbons (Fsp3) is 0.538. The molecule has 1 heterocycles. The molecular formula is C13H18BrClN2O4S. The summed E-state index contributed by atoms with van der Waals surface area (Å²) in [7, 11) is -3.64. The first-order chi connectivity index (χ1) is 9.97. The van der Waals surface area contributed by atoms with E-state index >= 15 is 0 Å². The number of ether oxygens (including phenoxy) is 2. The van der Waals surface area contributed by atoms with Gasteiger partial charge >= 0.3 is 0 Å². The van der Waals surface area contributed by atoms with Gasteiger partial charge in [-0.25, -0.2) is 13.1 Å². The average Bonchev–Trinajstić information content (AvgIpc) is 3.28. The SMILES string of the molecule is Cl.NC(CNS(=O)(=O)c1cc2c(cc1Br)OCCO2)C1CC1. The summed E-state index contributed by atoms with van der Waals surface area (Å²) < 4.78 is 38.6. The molecule has 1 atom stereocenters. The normalized spacial score (nSPS) is 18.5. The van der Waals surface area contributed by atoms with Crippen LogP contribution < -0.4 is 19.9 Å². The molecule has 1 saturated carbocycles. The van der Waals surface area contributed by atoms with Crippen LogP contribution in [0, 0.1) is 5.92 Å². The Morgan fingerprint density at radius 3 is 2.45 bits per heavy atom. The van der Waals surface area contributed by atoms with E-state index in [-0.39, 0.29) is 29.9 Å². The standard InChI is InChI=1S/C13H17BrN2O4S.ClH/c14-9-5-11-12(20-4-3-19-11)6-13(9)21(17,18)16-7-10(15)8-1-2-8;/h5-6,8,10,16H,1-4,7,15H2;1H. The molecule has 124 valence electrons. The van der Waals surface area contributed by atoms with E-state index in [1.165, 1.54) is 6.07 Å². The van der Waals surface area contributed by atoms with Crippen molar-refractivity contribution in [1.82, 2.24) is 4.72 Å². The molecule has 3 N–H and O–H groups in total. The Kier molecular flexibility index (Phi) is 5.60. The van der Waals surface area contributed by atoms with Crippen molar-refractivity contribution >= 4 is 38.4 Å². The molecule has 1 aromatic carbocycles. The molecule has 1 aliphatic carbocycles. The Balaban J connectivity index is 0.00000176. The van der Waals surface area contributed by atoms with E-state index in [9.17, 15) is 8.42 Å². The molecule has 0 spiro atoms. The maximum absolute atomic E-state index is 12.4. The summed E-state index contributed by atoms with van der Waals surface area (Å²) in [5.74, 6) is 1.43. The second-order valence-electron chi connectivity index (χ2n) is 5.28. The predicted octanol–water partition coefficient (Wildman–Crippen LogP) is 1.66. The van der Waals surface area contributed by atoms with E-state index in [1.54, 1.807) is 6.07 Å². The number of hydrogen-bond acceptors (Lipinski definition) is 5. The zero-order valence-electron chi connectivity index (χ0n) is 11.7. The van der Waals surface area contributed by atoms with Crippen LogP contribution in [0.1, 0.15) is 12.8 Å². The minimum absolute atomic E-state index is 0. The van der Waals surface area contributed by atoms with E-state index in [1.807, 2.05) is 0 Å². The number of halogens is 2.